The lowest BCUT2D eigenvalue weighted by atomic mass is 9.81. The predicted octanol–water partition coefficient (Wildman–Crippen LogP) is 6.45. The number of ether oxygens (including phenoxy) is 2. The Labute approximate surface area is 200 Å². The quantitative estimate of drug-likeness (QED) is 0.448. The number of aliphatic hydroxyl groups excluding tert-OH is 1. The van der Waals surface area contributed by atoms with E-state index in [0.29, 0.717) is 31.4 Å². The number of alkyl halides is 5. The molecule has 0 radical (unpaired) electrons. The van der Waals surface area contributed by atoms with Crippen molar-refractivity contribution < 1.29 is 36.5 Å². The molecule has 2 aromatic carbocycles. The number of fused-ring (bicyclic) bond motifs is 1. The van der Waals surface area contributed by atoms with Gasteiger partial charge in [-0.25, -0.2) is 0 Å². The molecule has 4 rings (SSSR count). The first-order valence-corrected chi connectivity index (χ1v) is 11.4. The van der Waals surface area contributed by atoms with Gasteiger partial charge < -0.3 is 19.5 Å². The summed E-state index contributed by atoms with van der Waals surface area (Å²) in [4.78, 5) is 2.07. The molecule has 2 aromatic rings. The molecule has 0 aromatic heterocycles. The van der Waals surface area contributed by atoms with Gasteiger partial charge in [0, 0.05) is 24.2 Å². The lowest BCUT2D eigenvalue weighted by Crippen LogP contribution is -2.47. The molecule has 0 bridgehead atoms. The van der Waals surface area contributed by atoms with Gasteiger partial charge in [0.25, 0.3) is 0 Å². The lowest BCUT2D eigenvalue weighted by Gasteiger charge is -2.44. The number of aliphatic hydroxyl groups is 1. The number of anilines is 1. The molecular formula is C26H26F5NO3. The average molecular weight is 495 g/mol. The summed E-state index contributed by atoms with van der Waals surface area (Å²) in [5, 5.41) is 10.2. The van der Waals surface area contributed by atoms with Gasteiger partial charge in [0.05, 0.1) is 6.10 Å². The number of allylic oxidation sites excluding steroid dienone is 2. The first-order valence-electron chi connectivity index (χ1n) is 11.4. The Morgan fingerprint density at radius 3 is 2.63 bits per heavy atom. The van der Waals surface area contributed by atoms with Gasteiger partial charge in [-0.2, -0.15) is 8.78 Å². The van der Waals surface area contributed by atoms with Crippen molar-refractivity contribution >= 4 is 5.69 Å². The van der Waals surface area contributed by atoms with Crippen LogP contribution in [0, 0.1) is 5.92 Å². The third-order valence-electron chi connectivity index (χ3n) is 6.18. The van der Waals surface area contributed by atoms with Gasteiger partial charge in [0.15, 0.2) is 0 Å². The number of hydrogen-bond donors (Lipinski definition) is 1. The topological polar surface area (TPSA) is 41.9 Å². The zero-order valence-corrected chi connectivity index (χ0v) is 19.0. The molecular weight excluding hydrogens is 469 g/mol. The van der Waals surface area contributed by atoms with Crippen LogP contribution in [0.2, 0.25) is 0 Å². The fourth-order valence-electron chi connectivity index (χ4n) is 4.95. The maximum atomic E-state index is 12.7. The molecule has 188 valence electrons. The van der Waals surface area contributed by atoms with Crippen molar-refractivity contribution in [2.45, 2.75) is 51.3 Å². The van der Waals surface area contributed by atoms with Crippen LogP contribution in [0.1, 0.15) is 25.3 Å². The van der Waals surface area contributed by atoms with Crippen LogP contribution in [0.15, 0.2) is 66.5 Å². The third kappa shape index (κ3) is 6.14. The van der Waals surface area contributed by atoms with Gasteiger partial charge in [-0.1, -0.05) is 30.3 Å². The van der Waals surface area contributed by atoms with Crippen molar-refractivity contribution in [3.05, 3.63) is 72.0 Å². The van der Waals surface area contributed by atoms with Crippen LogP contribution in [0.3, 0.4) is 0 Å². The van der Waals surface area contributed by atoms with Gasteiger partial charge in [0.2, 0.25) is 0 Å². The van der Waals surface area contributed by atoms with Gasteiger partial charge in [0.1, 0.15) is 11.5 Å². The van der Waals surface area contributed by atoms with Crippen LogP contribution < -0.4 is 9.64 Å². The minimum Gasteiger partial charge on any atom is -0.435 e. The standard InChI is InChI=1S/C26H26F5NO3/c1-16(33)15-32-23(18-6-3-7-19(14-18)34-25(27)28)12-11-22-21(9-4-10-24(22)32)17-5-2-8-20(13-17)35-26(29,30)31/h2-5,7-10,13-14,16,18,23,25,33H,6,11-12,15H2,1H3/t16-,18?,23+/m0/s1. The second-order valence-electron chi connectivity index (χ2n) is 8.74. The average Bonchev–Trinajstić information content (AvgIpc) is 2.77. The molecule has 1 aliphatic heterocycles. The van der Waals surface area contributed by atoms with Crippen LogP contribution in [-0.2, 0) is 11.2 Å². The predicted molar refractivity (Wildman–Crippen MR) is 122 cm³/mol. The molecule has 3 atom stereocenters. The molecule has 9 heteroatoms. The Morgan fingerprint density at radius 2 is 1.91 bits per heavy atom. The first kappa shape index (κ1) is 25.0. The number of nitrogens with zero attached hydrogens (tertiary/aromatic N) is 1. The zero-order chi connectivity index (χ0) is 25.2. The molecule has 0 spiro atoms. The Balaban J connectivity index is 1.69. The summed E-state index contributed by atoms with van der Waals surface area (Å²) in [7, 11) is 0. The summed E-state index contributed by atoms with van der Waals surface area (Å²) in [6, 6.07) is 11.4. The van der Waals surface area contributed by atoms with E-state index in [9.17, 15) is 27.1 Å². The Bertz CT molecular complexity index is 1100. The van der Waals surface area contributed by atoms with E-state index in [0.717, 1.165) is 16.8 Å². The van der Waals surface area contributed by atoms with E-state index in [-0.39, 0.29) is 23.5 Å². The van der Waals surface area contributed by atoms with Gasteiger partial charge >= 0.3 is 13.0 Å². The summed E-state index contributed by atoms with van der Waals surface area (Å²) < 4.78 is 72.4. The highest BCUT2D eigenvalue weighted by Gasteiger charge is 2.34. The molecule has 1 heterocycles. The summed E-state index contributed by atoms with van der Waals surface area (Å²) in [6.07, 6.45) is 1.55. The molecule has 0 fully saturated rings. The fraction of sp³-hybridized carbons (Fsp3) is 0.385. The molecule has 1 aliphatic carbocycles. The van der Waals surface area contributed by atoms with Crippen molar-refractivity contribution in [2.24, 2.45) is 5.92 Å². The highest BCUT2D eigenvalue weighted by atomic mass is 19.4. The van der Waals surface area contributed by atoms with Gasteiger partial charge in [-0.15, -0.1) is 13.2 Å². The van der Waals surface area contributed by atoms with Crippen molar-refractivity contribution in [1.82, 2.24) is 0 Å². The summed E-state index contributed by atoms with van der Waals surface area (Å²) in [5.41, 5.74) is 3.19. The van der Waals surface area contributed by atoms with Crippen molar-refractivity contribution in [1.29, 1.82) is 0 Å². The summed E-state index contributed by atoms with van der Waals surface area (Å²) in [5.74, 6) is -0.282. The van der Waals surface area contributed by atoms with E-state index < -0.39 is 19.1 Å². The maximum absolute atomic E-state index is 12.7. The minimum atomic E-state index is -4.79. The highest BCUT2D eigenvalue weighted by Crippen LogP contribution is 2.42. The van der Waals surface area contributed by atoms with E-state index in [2.05, 4.69) is 14.4 Å². The molecule has 2 aliphatic rings. The van der Waals surface area contributed by atoms with Crippen molar-refractivity contribution in [3.8, 4) is 16.9 Å². The van der Waals surface area contributed by atoms with Crippen LogP contribution in [0.5, 0.6) is 5.75 Å². The number of rotatable bonds is 7. The van der Waals surface area contributed by atoms with Crippen LogP contribution in [-0.4, -0.2) is 36.8 Å². The molecule has 4 nitrogen and oxygen atoms in total. The van der Waals surface area contributed by atoms with Crippen LogP contribution >= 0.6 is 0 Å². The highest BCUT2D eigenvalue weighted by molar-refractivity contribution is 5.76. The number of hydrogen-bond acceptors (Lipinski definition) is 4. The largest absolute Gasteiger partial charge is 0.573 e. The minimum absolute atomic E-state index is 0.0755. The Hall–Kier alpha value is -3.07. The van der Waals surface area contributed by atoms with E-state index in [4.69, 9.17) is 0 Å². The van der Waals surface area contributed by atoms with E-state index >= 15 is 0 Å². The summed E-state index contributed by atoms with van der Waals surface area (Å²) >= 11 is 0. The van der Waals surface area contributed by atoms with Gasteiger partial charge in [-0.3, -0.25) is 0 Å². The van der Waals surface area contributed by atoms with E-state index in [1.165, 1.54) is 24.3 Å². The normalized spacial score (nSPS) is 20.9. The van der Waals surface area contributed by atoms with Crippen molar-refractivity contribution in [2.75, 3.05) is 11.4 Å². The maximum Gasteiger partial charge on any atom is 0.573 e. The van der Waals surface area contributed by atoms with E-state index in [1.54, 1.807) is 25.1 Å². The number of benzene rings is 2. The fourth-order valence-corrected chi connectivity index (χ4v) is 4.95. The monoisotopic (exact) mass is 495 g/mol. The Kier molecular flexibility index (Phi) is 7.35. The SMILES string of the molecule is C[C@H](O)CN1c2cccc(-c3cccc(OC(F)(F)F)c3)c2CC[C@@H]1C1C=C(OC(F)F)C=CC1. The number of halogens is 5. The number of β-amino-alcohol motifs (C(OH)–C–C–N with tert-alkyl or cyclic N) is 1. The molecule has 0 saturated carbocycles. The van der Waals surface area contributed by atoms with Crippen LogP contribution in [0.4, 0.5) is 27.6 Å². The lowest BCUT2D eigenvalue weighted by molar-refractivity contribution is -0.274. The smallest absolute Gasteiger partial charge is 0.435 e. The van der Waals surface area contributed by atoms with E-state index in [1.807, 2.05) is 18.2 Å². The first-order chi connectivity index (χ1) is 16.6. The Morgan fingerprint density at radius 1 is 1.14 bits per heavy atom. The molecule has 35 heavy (non-hydrogen) atoms. The molecule has 1 unspecified atom stereocenters. The third-order valence-corrected chi connectivity index (χ3v) is 6.18. The molecule has 1 N–H and O–H groups in total. The van der Waals surface area contributed by atoms with Crippen LogP contribution in [0.25, 0.3) is 11.1 Å². The van der Waals surface area contributed by atoms with Crippen molar-refractivity contribution in [3.63, 3.8) is 0 Å². The second-order valence-corrected chi connectivity index (χ2v) is 8.74. The zero-order valence-electron chi connectivity index (χ0n) is 19.0. The molecule has 0 saturated heterocycles. The second kappa shape index (κ2) is 10.3. The molecule has 0 amide bonds. The van der Waals surface area contributed by atoms with Gasteiger partial charge in [-0.05, 0) is 73.2 Å². The summed E-state index contributed by atoms with van der Waals surface area (Å²) in [6.45, 7) is -0.920.